The summed E-state index contributed by atoms with van der Waals surface area (Å²) in [4.78, 5) is 26.9. The van der Waals surface area contributed by atoms with Crippen molar-refractivity contribution in [2.45, 2.75) is 13.5 Å². The highest BCUT2D eigenvalue weighted by molar-refractivity contribution is 7.80. The molecule has 4 rings (SSSR count). The summed E-state index contributed by atoms with van der Waals surface area (Å²) >= 11 is 5.14. The van der Waals surface area contributed by atoms with Crippen LogP contribution in [0.2, 0.25) is 0 Å². The van der Waals surface area contributed by atoms with Gasteiger partial charge in [-0.2, -0.15) is 5.26 Å². The number of hydrogen-bond donors (Lipinski definition) is 1. The molecular weight excluding hydrogens is 420 g/mol. The summed E-state index contributed by atoms with van der Waals surface area (Å²) in [5.41, 5.74) is 4.14. The summed E-state index contributed by atoms with van der Waals surface area (Å²) in [6.07, 6.45) is 3.18. The fraction of sp³-hybridized carbons (Fsp3) is 0.120. The minimum absolute atomic E-state index is 0.0175. The van der Waals surface area contributed by atoms with Crippen molar-refractivity contribution in [1.29, 1.82) is 5.26 Å². The number of nitriles is 1. The van der Waals surface area contributed by atoms with Crippen LogP contribution in [0.25, 0.3) is 17.0 Å². The lowest BCUT2D eigenvalue weighted by atomic mass is 10.0. The second kappa shape index (κ2) is 8.61. The first-order valence-electron chi connectivity index (χ1n) is 10.0. The number of fused-ring (bicyclic) bond motifs is 1. The van der Waals surface area contributed by atoms with Gasteiger partial charge in [0.15, 0.2) is 5.11 Å². The number of para-hydroxylation sites is 1. The highest BCUT2D eigenvalue weighted by Crippen LogP contribution is 2.30. The molecule has 1 aromatic heterocycles. The predicted octanol–water partition coefficient (Wildman–Crippen LogP) is 3.68. The average Bonchev–Trinajstić information content (AvgIpc) is 3.05. The van der Waals surface area contributed by atoms with Crippen molar-refractivity contribution >= 4 is 46.1 Å². The van der Waals surface area contributed by atoms with E-state index >= 15 is 0 Å². The molecule has 2 heterocycles. The molecular formula is C25H20N4O2S. The second-order valence-corrected chi connectivity index (χ2v) is 7.78. The molecule has 0 spiro atoms. The number of carbonyl (C=O) groups excluding carboxylic acids is 2. The number of hydrogen-bond acceptors (Lipinski definition) is 4. The Bertz CT molecular complexity index is 1360. The maximum atomic E-state index is 13.0. The molecule has 1 fully saturated rings. The number of nitrogens with zero attached hydrogens (tertiary/aromatic N) is 3. The van der Waals surface area contributed by atoms with Gasteiger partial charge in [-0.05, 0) is 42.9 Å². The van der Waals surface area contributed by atoms with Crippen LogP contribution in [0.4, 0.5) is 0 Å². The van der Waals surface area contributed by atoms with Crippen LogP contribution in [0.3, 0.4) is 0 Å². The molecule has 1 N–H and O–H groups in total. The van der Waals surface area contributed by atoms with Gasteiger partial charge in [0.25, 0.3) is 11.8 Å². The highest BCUT2D eigenvalue weighted by Gasteiger charge is 2.33. The van der Waals surface area contributed by atoms with E-state index in [1.165, 1.54) is 4.90 Å². The van der Waals surface area contributed by atoms with Crippen molar-refractivity contribution in [1.82, 2.24) is 14.8 Å². The zero-order chi connectivity index (χ0) is 22.8. The highest BCUT2D eigenvalue weighted by atomic mass is 32.1. The van der Waals surface area contributed by atoms with E-state index in [-0.39, 0.29) is 17.2 Å². The first-order chi connectivity index (χ1) is 15.5. The first-order valence-corrected chi connectivity index (χ1v) is 10.4. The zero-order valence-electron chi connectivity index (χ0n) is 17.5. The number of benzene rings is 2. The van der Waals surface area contributed by atoms with Crippen molar-refractivity contribution in [3.8, 4) is 6.07 Å². The van der Waals surface area contributed by atoms with Gasteiger partial charge >= 0.3 is 0 Å². The maximum absolute atomic E-state index is 13.0. The van der Waals surface area contributed by atoms with E-state index in [2.05, 4.69) is 22.5 Å². The van der Waals surface area contributed by atoms with E-state index < -0.39 is 11.8 Å². The Morgan fingerprint density at radius 3 is 2.62 bits per heavy atom. The van der Waals surface area contributed by atoms with Gasteiger partial charge in [-0.15, -0.1) is 6.58 Å². The monoisotopic (exact) mass is 440 g/mol. The van der Waals surface area contributed by atoms with Crippen LogP contribution in [0.1, 0.15) is 22.4 Å². The van der Waals surface area contributed by atoms with Gasteiger partial charge in [0.05, 0.1) is 11.6 Å². The van der Waals surface area contributed by atoms with Crippen molar-refractivity contribution < 1.29 is 9.59 Å². The van der Waals surface area contributed by atoms with E-state index in [0.717, 1.165) is 27.7 Å². The lowest BCUT2D eigenvalue weighted by molar-refractivity contribution is -0.128. The van der Waals surface area contributed by atoms with Gasteiger partial charge < -0.3 is 4.57 Å². The molecule has 1 aliphatic heterocycles. The standard InChI is InChI=1S/C25H20N4O2S/c1-3-12-28-24(31)21(23(30)27-25(28)32)13-20-16(2)29(22-11-7-6-10-19(20)22)15-18-9-5-4-8-17(18)14-26/h3-11,13H,1,12,15H2,2H3,(H,27,30,32)/b21-13-. The number of rotatable bonds is 5. The van der Waals surface area contributed by atoms with Gasteiger partial charge in [0.1, 0.15) is 5.57 Å². The molecule has 158 valence electrons. The maximum Gasteiger partial charge on any atom is 0.265 e. The Hall–Kier alpha value is -4.02. The lowest BCUT2D eigenvalue weighted by Gasteiger charge is -2.27. The Labute approximate surface area is 191 Å². The summed E-state index contributed by atoms with van der Waals surface area (Å²) in [5.74, 6) is -0.976. The third-order valence-electron chi connectivity index (χ3n) is 5.53. The molecule has 1 saturated heterocycles. The normalized spacial score (nSPS) is 15.2. The molecule has 6 nitrogen and oxygen atoms in total. The van der Waals surface area contributed by atoms with E-state index in [0.29, 0.717) is 12.1 Å². The Morgan fingerprint density at radius 2 is 1.88 bits per heavy atom. The van der Waals surface area contributed by atoms with Crippen molar-refractivity contribution in [3.63, 3.8) is 0 Å². The Morgan fingerprint density at radius 1 is 1.16 bits per heavy atom. The van der Waals surface area contributed by atoms with Gasteiger partial charge in [-0.25, -0.2) is 0 Å². The molecule has 7 heteroatoms. The van der Waals surface area contributed by atoms with Crippen LogP contribution >= 0.6 is 12.2 Å². The van der Waals surface area contributed by atoms with Gasteiger partial charge in [-0.3, -0.25) is 19.8 Å². The van der Waals surface area contributed by atoms with Gasteiger partial charge in [-0.1, -0.05) is 42.5 Å². The molecule has 0 saturated carbocycles. The molecule has 0 atom stereocenters. The van der Waals surface area contributed by atoms with Crippen LogP contribution in [-0.4, -0.2) is 32.9 Å². The molecule has 2 amide bonds. The molecule has 0 aliphatic carbocycles. The second-order valence-electron chi connectivity index (χ2n) is 7.39. The van der Waals surface area contributed by atoms with Crippen molar-refractivity contribution in [2.75, 3.05) is 6.54 Å². The number of nitrogens with one attached hydrogen (secondary N) is 1. The summed E-state index contributed by atoms with van der Waals surface area (Å²) in [5, 5.41) is 13.0. The van der Waals surface area contributed by atoms with Crippen LogP contribution in [0.15, 0.2) is 66.8 Å². The molecule has 0 radical (unpaired) electrons. The summed E-state index contributed by atoms with van der Waals surface area (Å²) in [7, 11) is 0. The van der Waals surface area contributed by atoms with E-state index in [1.807, 2.05) is 49.4 Å². The lowest BCUT2D eigenvalue weighted by Crippen LogP contribution is -2.53. The average molecular weight is 441 g/mol. The van der Waals surface area contributed by atoms with Crippen molar-refractivity contribution in [2.24, 2.45) is 0 Å². The number of carbonyl (C=O) groups is 2. The number of amides is 2. The van der Waals surface area contributed by atoms with Gasteiger partial charge in [0, 0.05) is 35.2 Å². The minimum atomic E-state index is -0.522. The zero-order valence-corrected chi connectivity index (χ0v) is 18.3. The molecule has 2 aromatic carbocycles. The Balaban J connectivity index is 1.86. The van der Waals surface area contributed by atoms with E-state index in [4.69, 9.17) is 12.2 Å². The quantitative estimate of drug-likeness (QED) is 0.284. The summed E-state index contributed by atoms with van der Waals surface area (Å²) in [6, 6.07) is 17.5. The van der Waals surface area contributed by atoms with Gasteiger partial charge in [0.2, 0.25) is 0 Å². The smallest absolute Gasteiger partial charge is 0.265 e. The topological polar surface area (TPSA) is 78.1 Å². The largest absolute Gasteiger partial charge is 0.340 e. The Kier molecular flexibility index (Phi) is 5.71. The predicted molar refractivity (Wildman–Crippen MR) is 128 cm³/mol. The summed E-state index contributed by atoms with van der Waals surface area (Å²) < 4.78 is 2.09. The van der Waals surface area contributed by atoms with E-state index in [1.54, 1.807) is 18.2 Å². The van der Waals surface area contributed by atoms with Crippen LogP contribution in [0, 0.1) is 18.3 Å². The minimum Gasteiger partial charge on any atom is -0.340 e. The van der Waals surface area contributed by atoms with Crippen LogP contribution in [-0.2, 0) is 16.1 Å². The summed E-state index contributed by atoms with van der Waals surface area (Å²) in [6.45, 7) is 6.30. The number of thiocarbonyl (C=S) groups is 1. The molecule has 32 heavy (non-hydrogen) atoms. The van der Waals surface area contributed by atoms with E-state index in [9.17, 15) is 14.9 Å². The molecule has 0 bridgehead atoms. The molecule has 1 aliphatic rings. The van der Waals surface area contributed by atoms with Crippen LogP contribution < -0.4 is 5.32 Å². The molecule has 0 unspecified atom stereocenters. The first kappa shape index (κ1) is 21.2. The number of aromatic nitrogens is 1. The third-order valence-corrected chi connectivity index (χ3v) is 5.85. The fourth-order valence-corrected chi connectivity index (χ4v) is 4.16. The van der Waals surface area contributed by atoms with Crippen LogP contribution in [0.5, 0.6) is 0 Å². The third kappa shape index (κ3) is 3.61. The SMILES string of the molecule is C=CCN1C(=O)/C(=C\c2c(C)n(Cc3ccccc3C#N)c3ccccc23)C(=O)NC1=S. The molecule has 3 aromatic rings. The van der Waals surface area contributed by atoms with Crippen molar-refractivity contribution in [3.05, 3.63) is 89.1 Å². The fourth-order valence-electron chi connectivity index (χ4n) is 3.91.